The lowest BCUT2D eigenvalue weighted by molar-refractivity contribution is -0.0702. The Morgan fingerprint density at radius 2 is 2.10 bits per heavy atom. The van der Waals surface area contributed by atoms with Gasteiger partial charge in [0.1, 0.15) is 0 Å². The number of nitrogens with one attached hydrogen (secondary N) is 1. The SMILES string of the molecule is CCC1COC(C)CN1CC1(CNC(C)(C)C)CCOC1. The molecule has 124 valence electrons. The fourth-order valence-electron chi connectivity index (χ4n) is 3.34. The van der Waals surface area contributed by atoms with Crippen molar-refractivity contribution in [2.24, 2.45) is 5.41 Å². The first kappa shape index (κ1) is 17.2. The molecule has 2 saturated heterocycles. The number of morpholine rings is 1. The van der Waals surface area contributed by atoms with E-state index in [1.807, 2.05) is 0 Å². The molecule has 4 nitrogen and oxygen atoms in total. The van der Waals surface area contributed by atoms with E-state index < -0.39 is 0 Å². The van der Waals surface area contributed by atoms with Gasteiger partial charge in [-0.1, -0.05) is 6.92 Å². The molecule has 3 atom stereocenters. The third-order valence-corrected chi connectivity index (χ3v) is 4.77. The first-order valence-electron chi connectivity index (χ1n) is 8.52. The van der Waals surface area contributed by atoms with Crippen molar-refractivity contribution in [1.82, 2.24) is 10.2 Å². The van der Waals surface area contributed by atoms with Crippen LogP contribution in [0.3, 0.4) is 0 Å². The molecule has 2 aliphatic heterocycles. The van der Waals surface area contributed by atoms with Crippen LogP contribution in [0, 0.1) is 5.41 Å². The summed E-state index contributed by atoms with van der Waals surface area (Å²) in [5.74, 6) is 0. The molecule has 0 aliphatic carbocycles. The van der Waals surface area contributed by atoms with Gasteiger partial charge in [-0.05, 0) is 40.5 Å². The van der Waals surface area contributed by atoms with Gasteiger partial charge < -0.3 is 14.8 Å². The molecule has 0 bridgehead atoms. The molecule has 0 radical (unpaired) electrons. The van der Waals surface area contributed by atoms with Crippen molar-refractivity contribution in [3.63, 3.8) is 0 Å². The van der Waals surface area contributed by atoms with Crippen LogP contribution in [0.1, 0.15) is 47.5 Å². The second kappa shape index (κ2) is 6.95. The summed E-state index contributed by atoms with van der Waals surface area (Å²) in [7, 11) is 0. The Labute approximate surface area is 130 Å². The van der Waals surface area contributed by atoms with Gasteiger partial charge in [0, 0.05) is 43.2 Å². The fraction of sp³-hybridized carbons (Fsp3) is 1.00. The average molecular weight is 298 g/mol. The minimum atomic E-state index is 0.165. The Kier molecular flexibility index (Phi) is 5.69. The highest BCUT2D eigenvalue weighted by molar-refractivity contribution is 4.93. The van der Waals surface area contributed by atoms with Gasteiger partial charge in [0.05, 0.1) is 19.3 Å². The second-order valence-electron chi connectivity index (χ2n) is 8.04. The summed E-state index contributed by atoms with van der Waals surface area (Å²) in [5, 5.41) is 3.70. The third kappa shape index (κ3) is 4.92. The quantitative estimate of drug-likeness (QED) is 0.844. The number of ether oxygens (including phenoxy) is 2. The van der Waals surface area contributed by atoms with Gasteiger partial charge in [-0.3, -0.25) is 4.90 Å². The Morgan fingerprint density at radius 1 is 1.33 bits per heavy atom. The molecule has 4 heteroatoms. The summed E-state index contributed by atoms with van der Waals surface area (Å²) >= 11 is 0. The largest absolute Gasteiger partial charge is 0.381 e. The highest BCUT2D eigenvalue weighted by Crippen LogP contribution is 2.31. The lowest BCUT2D eigenvalue weighted by atomic mass is 9.84. The maximum absolute atomic E-state index is 5.83. The van der Waals surface area contributed by atoms with Gasteiger partial charge in [0.25, 0.3) is 0 Å². The summed E-state index contributed by atoms with van der Waals surface area (Å²) in [5.41, 5.74) is 0.426. The average Bonchev–Trinajstić information content (AvgIpc) is 2.85. The monoisotopic (exact) mass is 298 g/mol. The van der Waals surface area contributed by atoms with E-state index in [1.54, 1.807) is 0 Å². The zero-order chi connectivity index (χ0) is 15.5. The van der Waals surface area contributed by atoms with Crippen LogP contribution in [0.5, 0.6) is 0 Å². The highest BCUT2D eigenvalue weighted by Gasteiger charge is 2.39. The van der Waals surface area contributed by atoms with Crippen molar-refractivity contribution < 1.29 is 9.47 Å². The number of rotatable bonds is 5. The molecule has 2 heterocycles. The molecule has 2 fully saturated rings. The predicted octanol–water partition coefficient (Wildman–Crippen LogP) is 2.28. The topological polar surface area (TPSA) is 33.7 Å². The molecule has 21 heavy (non-hydrogen) atoms. The molecule has 3 unspecified atom stereocenters. The highest BCUT2D eigenvalue weighted by atomic mass is 16.5. The number of nitrogens with zero attached hydrogens (tertiary/aromatic N) is 1. The molecule has 0 aromatic heterocycles. The maximum atomic E-state index is 5.83. The van der Waals surface area contributed by atoms with Crippen LogP contribution in [0.4, 0.5) is 0 Å². The van der Waals surface area contributed by atoms with E-state index >= 15 is 0 Å². The zero-order valence-corrected chi connectivity index (χ0v) is 14.6. The second-order valence-corrected chi connectivity index (χ2v) is 8.04. The Balaban J connectivity index is 2.00. The lowest BCUT2D eigenvalue weighted by Gasteiger charge is -2.43. The third-order valence-electron chi connectivity index (χ3n) is 4.77. The van der Waals surface area contributed by atoms with Gasteiger partial charge >= 0.3 is 0 Å². The Hall–Kier alpha value is -0.160. The van der Waals surface area contributed by atoms with E-state index in [9.17, 15) is 0 Å². The van der Waals surface area contributed by atoms with E-state index in [2.05, 4.69) is 44.8 Å². The van der Waals surface area contributed by atoms with E-state index in [0.717, 1.165) is 52.3 Å². The molecule has 2 rings (SSSR count). The van der Waals surface area contributed by atoms with Crippen LogP contribution < -0.4 is 5.32 Å². The van der Waals surface area contributed by atoms with Crippen LogP contribution in [0.2, 0.25) is 0 Å². The molecular formula is C17H34N2O2. The van der Waals surface area contributed by atoms with Crippen LogP contribution in [-0.2, 0) is 9.47 Å². The minimum Gasteiger partial charge on any atom is -0.381 e. The van der Waals surface area contributed by atoms with Crippen LogP contribution >= 0.6 is 0 Å². The smallest absolute Gasteiger partial charge is 0.0674 e. The van der Waals surface area contributed by atoms with E-state index in [1.165, 1.54) is 0 Å². The van der Waals surface area contributed by atoms with Gasteiger partial charge in [-0.2, -0.15) is 0 Å². The molecular weight excluding hydrogens is 264 g/mol. The lowest BCUT2D eigenvalue weighted by Crippen LogP contribution is -2.55. The molecule has 2 aliphatic rings. The van der Waals surface area contributed by atoms with Crippen molar-refractivity contribution in [3.05, 3.63) is 0 Å². The van der Waals surface area contributed by atoms with Gasteiger partial charge in [-0.15, -0.1) is 0 Å². The van der Waals surface area contributed by atoms with Crippen molar-refractivity contribution in [2.75, 3.05) is 39.5 Å². The van der Waals surface area contributed by atoms with Crippen molar-refractivity contribution in [2.45, 2.75) is 65.1 Å². The summed E-state index contributed by atoms with van der Waals surface area (Å²) in [4.78, 5) is 2.65. The molecule has 0 aromatic carbocycles. The molecule has 1 N–H and O–H groups in total. The first-order chi connectivity index (χ1) is 9.84. The summed E-state index contributed by atoms with van der Waals surface area (Å²) < 4.78 is 11.6. The number of hydrogen-bond donors (Lipinski definition) is 1. The van der Waals surface area contributed by atoms with Crippen molar-refractivity contribution in [1.29, 1.82) is 0 Å². The van der Waals surface area contributed by atoms with Gasteiger partial charge in [-0.25, -0.2) is 0 Å². The van der Waals surface area contributed by atoms with Crippen LogP contribution in [0.15, 0.2) is 0 Å². The summed E-state index contributed by atoms with van der Waals surface area (Å²) in [6.07, 6.45) is 2.68. The van der Waals surface area contributed by atoms with E-state index in [-0.39, 0.29) is 11.0 Å². The zero-order valence-electron chi connectivity index (χ0n) is 14.6. The van der Waals surface area contributed by atoms with Crippen molar-refractivity contribution in [3.8, 4) is 0 Å². The molecule has 0 aromatic rings. The normalized spacial score (nSPS) is 35.3. The van der Waals surface area contributed by atoms with Crippen LogP contribution in [-0.4, -0.2) is 62.0 Å². The van der Waals surface area contributed by atoms with Crippen molar-refractivity contribution >= 4 is 0 Å². The van der Waals surface area contributed by atoms with Crippen LogP contribution in [0.25, 0.3) is 0 Å². The van der Waals surface area contributed by atoms with Gasteiger partial charge in [0.2, 0.25) is 0 Å². The van der Waals surface area contributed by atoms with E-state index in [0.29, 0.717) is 12.1 Å². The maximum Gasteiger partial charge on any atom is 0.0674 e. The summed E-state index contributed by atoms with van der Waals surface area (Å²) in [6, 6.07) is 0.563. The Bertz CT molecular complexity index is 321. The Morgan fingerprint density at radius 3 is 2.67 bits per heavy atom. The number of hydrogen-bond acceptors (Lipinski definition) is 4. The molecule has 0 spiro atoms. The minimum absolute atomic E-state index is 0.165. The first-order valence-corrected chi connectivity index (χ1v) is 8.52. The molecule has 0 saturated carbocycles. The standard InChI is InChI=1S/C17H34N2O2/c1-6-15-10-21-14(2)9-19(15)12-17(7-8-20-13-17)11-18-16(3,4)5/h14-15,18H,6-13H2,1-5H3. The fourth-order valence-corrected chi connectivity index (χ4v) is 3.34. The predicted molar refractivity (Wildman–Crippen MR) is 86.7 cm³/mol. The molecule has 0 amide bonds. The summed E-state index contributed by atoms with van der Waals surface area (Å²) in [6.45, 7) is 17.1. The van der Waals surface area contributed by atoms with E-state index in [4.69, 9.17) is 9.47 Å². The van der Waals surface area contributed by atoms with Gasteiger partial charge in [0.15, 0.2) is 0 Å².